The lowest BCUT2D eigenvalue weighted by molar-refractivity contribution is 0.287. The van der Waals surface area contributed by atoms with Crippen LogP contribution >= 0.6 is 0 Å². The van der Waals surface area contributed by atoms with Crippen molar-refractivity contribution in [3.05, 3.63) is 22.8 Å². The van der Waals surface area contributed by atoms with E-state index in [1.807, 2.05) is 19.9 Å². The second kappa shape index (κ2) is 5.03. The Morgan fingerprint density at radius 3 is 2.47 bits per heavy atom. The van der Waals surface area contributed by atoms with Crippen molar-refractivity contribution in [2.24, 2.45) is 0 Å². The van der Waals surface area contributed by atoms with Crippen molar-refractivity contribution in [2.45, 2.75) is 26.7 Å². The van der Waals surface area contributed by atoms with Crippen LogP contribution in [0.4, 0.5) is 0 Å². The summed E-state index contributed by atoms with van der Waals surface area (Å²) >= 11 is 0. The van der Waals surface area contributed by atoms with Gasteiger partial charge in [0.1, 0.15) is 0 Å². The van der Waals surface area contributed by atoms with Gasteiger partial charge in [0, 0.05) is 12.2 Å². The summed E-state index contributed by atoms with van der Waals surface area (Å²) < 4.78 is 5.14. The molecule has 0 atom stereocenters. The molecule has 0 saturated heterocycles. The zero-order valence-corrected chi connectivity index (χ0v) is 9.50. The zero-order chi connectivity index (χ0) is 11.4. The topological polar surface area (TPSA) is 49.7 Å². The number of phenols is 1. The molecule has 1 rings (SSSR count). The normalized spacial score (nSPS) is 10.4. The van der Waals surface area contributed by atoms with Gasteiger partial charge in [-0.15, -0.1) is 0 Å². The number of hydrogen-bond acceptors (Lipinski definition) is 3. The SMILES string of the molecule is COc1c(C)cc(C)c(CCCO)c1O. The van der Waals surface area contributed by atoms with E-state index in [4.69, 9.17) is 9.84 Å². The predicted octanol–water partition coefficient (Wildman–Crippen LogP) is 1.94. The Labute approximate surface area is 90.3 Å². The molecule has 84 valence electrons. The molecule has 0 radical (unpaired) electrons. The Morgan fingerprint density at radius 1 is 1.27 bits per heavy atom. The van der Waals surface area contributed by atoms with Crippen LogP contribution in [0.25, 0.3) is 0 Å². The molecule has 0 amide bonds. The summed E-state index contributed by atoms with van der Waals surface area (Å²) in [6, 6.07) is 1.99. The third-order valence-electron chi connectivity index (χ3n) is 2.56. The number of benzene rings is 1. The van der Waals surface area contributed by atoms with Crippen LogP contribution < -0.4 is 4.74 Å². The minimum atomic E-state index is 0.134. The number of aliphatic hydroxyl groups is 1. The van der Waals surface area contributed by atoms with E-state index in [9.17, 15) is 5.11 Å². The number of hydrogen-bond donors (Lipinski definition) is 2. The summed E-state index contributed by atoms with van der Waals surface area (Å²) in [7, 11) is 1.55. The summed E-state index contributed by atoms with van der Waals surface area (Å²) in [6.45, 7) is 4.00. The highest BCUT2D eigenvalue weighted by atomic mass is 16.5. The van der Waals surface area contributed by atoms with Gasteiger partial charge in [-0.05, 0) is 37.8 Å². The molecule has 0 fully saturated rings. The fourth-order valence-electron chi connectivity index (χ4n) is 1.82. The summed E-state index contributed by atoms with van der Waals surface area (Å²) in [6.07, 6.45) is 1.32. The van der Waals surface area contributed by atoms with Gasteiger partial charge >= 0.3 is 0 Å². The van der Waals surface area contributed by atoms with Gasteiger partial charge in [-0.3, -0.25) is 0 Å². The van der Waals surface area contributed by atoms with E-state index in [0.29, 0.717) is 18.6 Å². The Balaban J connectivity index is 3.14. The van der Waals surface area contributed by atoms with Crippen molar-refractivity contribution in [1.82, 2.24) is 0 Å². The largest absolute Gasteiger partial charge is 0.504 e. The Morgan fingerprint density at radius 2 is 1.93 bits per heavy atom. The van der Waals surface area contributed by atoms with Crippen molar-refractivity contribution in [3.8, 4) is 11.5 Å². The summed E-state index contributed by atoms with van der Waals surface area (Å²) in [5.41, 5.74) is 2.84. The van der Waals surface area contributed by atoms with Gasteiger partial charge in [-0.1, -0.05) is 6.07 Å². The molecule has 0 aliphatic carbocycles. The Hall–Kier alpha value is -1.22. The minimum absolute atomic E-state index is 0.134. The lowest BCUT2D eigenvalue weighted by atomic mass is 9.99. The highest BCUT2D eigenvalue weighted by Crippen LogP contribution is 2.36. The van der Waals surface area contributed by atoms with Crippen molar-refractivity contribution >= 4 is 0 Å². The molecule has 0 bridgehead atoms. The Bertz CT molecular complexity index is 345. The number of aromatic hydroxyl groups is 1. The second-order valence-electron chi connectivity index (χ2n) is 3.70. The molecule has 1 aromatic carbocycles. The van der Waals surface area contributed by atoms with Gasteiger partial charge in [0.2, 0.25) is 0 Å². The number of aryl methyl sites for hydroxylation is 2. The minimum Gasteiger partial charge on any atom is -0.504 e. The first kappa shape index (κ1) is 11.9. The highest BCUT2D eigenvalue weighted by Gasteiger charge is 2.13. The van der Waals surface area contributed by atoms with Gasteiger partial charge in [0.25, 0.3) is 0 Å². The molecule has 0 aliphatic heterocycles. The van der Waals surface area contributed by atoms with Gasteiger partial charge in [0.05, 0.1) is 7.11 Å². The van der Waals surface area contributed by atoms with Gasteiger partial charge in [-0.2, -0.15) is 0 Å². The van der Waals surface area contributed by atoms with Crippen molar-refractivity contribution < 1.29 is 14.9 Å². The first-order chi connectivity index (χ1) is 7.11. The lowest BCUT2D eigenvalue weighted by Crippen LogP contribution is -1.98. The molecule has 0 unspecified atom stereocenters. The molecular formula is C12H18O3. The van der Waals surface area contributed by atoms with Crippen molar-refractivity contribution in [2.75, 3.05) is 13.7 Å². The number of rotatable bonds is 4. The van der Waals surface area contributed by atoms with Gasteiger partial charge < -0.3 is 14.9 Å². The molecule has 2 N–H and O–H groups in total. The number of aliphatic hydroxyl groups excluding tert-OH is 1. The molecule has 15 heavy (non-hydrogen) atoms. The summed E-state index contributed by atoms with van der Waals surface area (Å²) in [5, 5.41) is 18.7. The van der Waals surface area contributed by atoms with Gasteiger partial charge in [-0.25, -0.2) is 0 Å². The molecule has 0 spiro atoms. The third-order valence-corrected chi connectivity index (χ3v) is 2.56. The molecule has 3 heteroatoms. The third kappa shape index (κ3) is 2.42. The van der Waals surface area contributed by atoms with Crippen LogP contribution in [-0.4, -0.2) is 23.9 Å². The molecule has 0 heterocycles. The van der Waals surface area contributed by atoms with E-state index in [-0.39, 0.29) is 12.4 Å². The van der Waals surface area contributed by atoms with Crippen LogP contribution in [0, 0.1) is 13.8 Å². The number of ether oxygens (including phenoxy) is 1. The van der Waals surface area contributed by atoms with E-state index in [2.05, 4.69) is 0 Å². The number of phenolic OH excluding ortho intramolecular Hbond substituents is 1. The Kier molecular flexibility index (Phi) is 3.97. The van der Waals surface area contributed by atoms with E-state index in [1.165, 1.54) is 0 Å². The molecular weight excluding hydrogens is 192 g/mol. The summed E-state index contributed by atoms with van der Waals surface area (Å²) in [4.78, 5) is 0. The second-order valence-corrected chi connectivity index (χ2v) is 3.70. The lowest BCUT2D eigenvalue weighted by Gasteiger charge is -2.14. The van der Waals surface area contributed by atoms with Crippen LogP contribution in [0.1, 0.15) is 23.1 Å². The maximum Gasteiger partial charge on any atom is 0.163 e. The quantitative estimate of drug-likeness (QED) is 0.798. The molecule has 0 aromatic heterocycles. The smallest absolute Gasteiger partial charge is 0.163 e. The molecule has 0 saturated carbocycles. The number of methoxy groups -OCH3 is 1. The standard InChI is InChI=1S/C12H18O3/c1-8-7-9(2)12(15-3)11(14)10(8)5-4-6-13/h7,13-14H,4-6H2,1-3H3. The van der Waals surface area contributed by atoms with Crippen LogP contribution in [-0.2, 0) is 6.42 Å². The average molecular weight is 210 g/mol. The predicted molar refractivity (Wildman–Crippen MR) is 59.5 cm³/mol. The van der Waals surface area contributed by atoms with E-state index >= 15 is 0 Å². The van der Waals surface area contributed by atoms with Crippen molar-refractivity contribution in [3.63, 3.8) is 0 Å². The van der Waals surface area contributed by atoms with Crippen LogP contribution in [0.2, 0.25) is 0 Å². The van der Waals surface area contributed by atoms with Crippen LogP contribution in [0.3, 0.4) is 0 Å². The van der Waals surface area contributed by atoms with Gasteiger partial charge in [0.15, 0.2) is 11.5 Å². The monoisotopic (exact) mass is 210 g/mol. The van der Waals surface area contributed by atoms with E-state index in [1.54, 1.807) is 7.11 Å². The molecule has 1 aromatic rings. The molecule has 3 nitrogen and oxygen atoms in total. The molecule has 0 aliphatic rings. The highest BCUT2D eigenvalue weighted by molar-refractivity contribution is 5.54. The van der Waals surface area contributed by atoms with E-state index in [0.717, 1.165) is 16.7 Å². The first-order valence-corrected chi connectivity index (χ1v) is 5.08. The maximum atomic E-state index is 9.97. The van der Waals surface area contributed by atoms with Crippen LogP contribution in [0.15, 0.2) is 6.07 Å². The fraction of sp³-hybridized carbons (Fsp3) is 0.500. The van der Waals surface area contributed by atoms with E-state index < -0.39 is 0 Å². The van der Waals surface area contributed by atoms with Crippen LogP contribution in [0.5, 0.6) is 11.5 Å². The fourth-order valence-corrected chi connectivity index (χ4v) is 1.82. The van der Waals surface area contributed by atoms with Crippen molar-refractivity contribution in [1.29, 1.82) is 0 Å². The summed E-state index contributed by atoms with van der Waals surface area (Å²) in [5.74, 6) is 0.747. The zero-order valence-electron chi connectivity index (χ0n) is 9.50. The maximum absolute atomic E-state index is 9.97. The first-order valence-electron chi connectivity index (χ1n) is 5.08. The average Bonchev–Trinajstić information content (AvgIpc) is 2.17.